The third-order valence-electron chi connectivity index (χ3n) is 15.0. The van der Waals surface area contributed by atoms with E-state index in [0.29, 0.717) is 5.57 Å². The van der Waals surface area contributed by atoms with Crippen molar-refractivity contribution in [3.05, 3.63) is 221 Å². The lowest BCUT2D eigenvalue weighted by atomic mass is 9.86. The first-order chi connectivity index (χ1) is 36.9. The highest BCUT2D eigenvalue weighted by Crippen LogP contribution is 2.49. The van der Waals surface area contributed by atoms with E-state index in [1.54, 1.807) is 13.8 Å². The van der Waals surface area contributed by atoms with E-state index in [2.05, 4.69) is 275 Å². The van der Waals surface area contributed by atoms with Gasteiger partial charge in [-0.1, -0.05) is 180 Å². The van der Waals surface area contributed by atoms with E-state index in [1.165, 1.54) is 22.3 Å². The van der Waals surface area contributed by atoms with Crippen LogP contribution in [0.2, 0.25) is 0 Å². The van der Waals surface area contributed by atoms with Crippen molar-refractivity contribution in [2.75, 3.05) is 23.0 Å². The third-order valence-corrected chi connectivity index (χ3v) is 15.0. The fourth-order valence-electron chi connectivity index (χ4n) is 10.4. The predicted octanol–water partition coefficient (Wildman–Crippen LogP) is 19.1. The average Bonchev–Trinajstić information content (AvgIpc) is 3.82. The molecule has 9 rings (SSSR count). The number of anilines is 6. The van der Waals surface area contributed by atoms with Crippen LogP contribution in [0.4, 0.5) is 34.1 Å². The fourth-order valence-corrected chi connectivity index (χ4v) is 10.4. The maximum atomic E-state index is 14.1. The summed E-state index contributed by atoms with van der Waals surface area (Å²) in [5, 5.41) is 0. The summed E-state index contributed by atoms with van der Waals surface area (Å²) in [7, 11) is 0. The van der Waals surface area contributed by atoms with Gasteiger partial charge in [-0.05, 0) is 187 Å². The Bertz CT molecular complexity index is 3140. The lowest BCUT2D eigenvalue weighted by Gasteiger charge is -2.28. The van der Waals surface area contributed by atoms with Crippen molar-refractivity contribution in [2.45, 2.75) is 119 Å². The van der Waals surface area contributed by atoms with Crippen molar-refractivity contribution in [1.82, 2.24) is 0 Å². The number of hydrogen-bond donors (Lipinski definition) is 0. The van der Waals surface area contributed by atoms with Gasteiger partial charge in [0.15, 0.2) is 5.57 Å². The molecule has 0 spiro atoms. The molecule has 0 saturated heterocycles. The molecule has 0 fully saturated rings. The number of nitrogens with zero attached hydrogens (tertiary/aromatic N) is 2. The number of hydrogen-bond acceptors (Lipinski definition) is 6. The Morgan fingerprint density at radius 3 is 0.782 bits per heavy atom. The molecule has 0 bridgehead atoms. The van der Waals surface area contributed by atoms with Gasteiger partial charge in [0.2, 0.25) is 0 Å². The number of fused-ring (bicyclic) bond motifs is 3. The first kappa shape index (κ1) is 54.8. The second kappa shape index (κ2) is 21.5. The largest absolute Gasteiger partial charge is 0.462 e. The number of esters is 2. The van der Waals surface area contributed by atoms with Crippen LogP contribution in [0.3, 0.4) is 0 Å². The Balaban J connectivity index is 1.11. The minimum Gasteiger partial charge on any atom is -0.462 e. The highest BCUT2D eigenvalue weighted by Gasteiger charge is 2.35. The first-order valence-corrected chi connectivity index (χ1v) is 27.6. The van der Waals surface area contributed by atoms with E-state index < -0.39 is 11.9 Å². The molecule has 6 heteroatoms. The number of benzene rings is 8. The Kier molecular flexibility index (Phi) is 15.1. The molecule has 0 heterocycles. The zero-order valence-corrected chi connectivity index (χ0v) is 48.3. The molecule has 0 atom stereocenters. The zero-order valence-electron chi connectivity index (χ0n) is 48.3. The van der Waals surface area contributed by atoms with Gasteiger partial charge >= 0.3 is 11.9 Å². The lowest BCUT2D eigenvalue weighted by Crippen LogP contribution is -2.20. The van der Waals surface area contributed by atoms with Gasteiger partial charge < -0.3 is 19.3 Å². The SMILES string of the molecule is CCOC(=O)C(C(=O)OCC)=C1c2cc(-c3ccc(N(c4ccc(C(C)(C)C)cc4)c4ccc(C(C)(C)C)cc4)cc3)ccc2-c2ccc(-c3ccc(N(c4ccc(C(C)(C)C)cc4)c4ccc(C(C)(C)C)cc4)cc3)cc21. The van der Waals surface area contributed by atoms with E-state index in [1.807, 2.05) is 0 Å². The summed E-state index contributed by atoms with van der Waals surface area (Å²) in [6.45, 7) is 30.5. The topological polar surface area (TPSA) is 59.1 Å². The summed E-state index contributed by atoms with van der Waals surface area (Å²) in [5.41, 5.74) is 19.1. The van der Waals surface area contributed by atoms with Gasteiger partial charge in [0, 0.05) is 39.7 Å². The summed E-state index contributed by atoms with van der Waals surface area (Å²) >= 11 is 0. The fraction of sp³-hybridized carbons (Fsp3) is 0.278. The van der Waals surface area contributed by atoms with Gasteiger partial charge in [-0.25, -0.2) is 9.59 Å². The van der Waals surface area contributed by atoms with E-state index in [0.717, 1.165) is 78.6 Å². The maximum Gasteiger partial charge on any atom is 0.346 e. The molecule has 0 N–H and O–H groups in total. The van der Waals surface area contributed by atoms with Crippen LogP contribution < -0.4 is 9.80 Å². The van der Waals surface area contributed by atoms with Gasteiger partial charge in [-0.15, -0.1) is 0 Å². The Morgan fingerprint density at radius 2 is 0.551 bits per heavy atom. The van der Waals surface area contributed by atoms with Crippen molar-refractivity contribution in [2.24, 2.45) is 0 Å². The highest BCUT2D eigenvalue weighted by molar-refractivity contribution is 6.25. The van der Waals surface area contributed by atoms with Crippen LogP contribution in [0.15, 0.2) is 188 Å². The summed E-state index contributed by atoms with van der Waals surface area (Å²) in [6, 6.07) is 65.3. The predicted molar refractivity (Wildman–Crippen MR) is 326 cm³/mol. The van der Waals surface area contributed by atoms with Crippen LogP contribution >= 0.6 is 0 Å². The van der Waals surface area contributed by atoms with Gasteiger partial charge in [0.05, 0.1) is 13.2 Å². The minimum atomic E-state index is -0.716. The molecule has 78 heavy (non-hydrogen) atoms. The van der Waals surface area contributed by atoms with E-state index in [-0.39, 0.29) is 40.4 Å². The van der Waals surface area contributed by atoms with Crippen molar-refractivity contribution in [1.29, 1.82) is 0 Å². The molecule has 8 aromatic carbocycles. The minimum absolute atomic E-state index is 0.0255. The average molecular weight is 1030 g/mol. The van der Waals surface area contributed by atoms with Crippen LogP contribution in [-0.2, 0) is 40.7 Å². The molecule has 1 aliphatic carbocycles. The number of carbonyl (C=O) groups is 2. The molecule has 6 nitrogen and oxygen atoms in total. The molecule has 0 amide bonds. The summed E-state index contributed by atoms with van der Waals surface area (Å²) in [5.74, 6) is -1.43. The standard InChI is InChI=1S/C72H76N2O4/c1-15-77-67(75)66(68(76)78-16-2)65-63-45-49(47-17-31-55(32-18-47)73(57-35-23-51(24-36-57)69(3,4)5)58-37-25-52(26-38-58)70(6,7)8)21-43-61(63)62-44-22-50(46-64(62)65)48-19-33-56(34-20-48)74(59-39-27-53(28-40-59)71(9,10)11)60-41-29-54(30-42-60)72(12,13)14/h17-46H,15-16H2,1-14H3. The van der Waals surface area contributed by atoms with E-state index in [9.17, 15) is 9.59 Å². The number of ether oxygens (including phenoxy) is 2. The van der Waals surface area contributed by atoms with Crippen molar-refractivity contribution >= 4 is 51.6 Å². The van der Waals surface area contributed by atoms with E-state index >= 15 is 0 Å². The van der Waals surface area contributed by atoms with Crippen molar-refractivity contribution in [3.63, 3.8) is 0 Å². The van der Waals surface area contributed by atoms with Crippen LogP contribution in [0.1, 0.15) is 130 Å². The molecule has 1 aliphatic rings. The second-order valence-electron chi connectivity index (χ2n) is 24.7. The number of carbonyl (C=O) groups excluding carboxylic acids is 2. The molecule has 0 saturated carbocycles. The summed E-state index contributed by atoms with van der Waals surface area (Å²) < 4.78 is 11.3. The summed E-state index contributed by atoms with van der Waals surface area (Å²) in [6.07, 6.45) is 0. The molecule has 398 valence electrons. The van der Waals surface area contributed by atoms with Crippen LogP contribution in [0.5, 0.6) is 0 Å². The molecule has 0 aliphatic heterocycles. The smallest absolute Gasteiger partial charge is 0.346 e. The van der Waals surface area contributed by atoms with Crippen LogP contribution in [0, 0.1) is 0 Å². The van der Waals surface area contributed by atoms with Gasteiger partial charge in [0.1, 0.15) is 0 Å². The Hall–Kier alpha value is -7.96. The molecule has 0 aromatic heterocycles. The Morgan fingerprint density at radius 1 is 0.321 bits per heavy atom. The van der Waals surface area contributed by atoms with Crippen LogP contribution in [0.25, 0.3) is 39.0 Å². The monoisotopic (exact) mass is 1030 g/mol. The van der Waals surface area contributed by atoms with Crippen molar-refractivity contribution < 1.29 is 19.1 Å². The van der Waals surface area contributed by atoms with Crippen molar-refractivity contribution in [3.8, 4) is 33.4 Å². The first-order valence-electron chi connectivity index (χ1n) is 27.6. The highest BCUT2D eigenvalue weighted by atomic mass is 16.6. The lowest BCUT2D eigenvalue weighted by molar-refractivity contribution is -0.146. The van der Waals surface area contributed by atoms with Gasteiger partial charge in [0.25, 0.3) is 0 Å². The molecular weight excluding hydrogens is 957 g/mol. The molecule has 0 unspecified atom stereocenters. The third kappa shape index (κ3) is 11.4. The molecular formula is C72H76N2O4. The van der Waals surface area contributed by atoms with Gasteiger partial charge in [-0.2, -0.15) is 0 Å². The zero-order chi connectivity index (χ0) is 55.9. The van der Waals surface area contributed by atoms with Gasteiger partial charge in [-0.3, -0.25) is 0 Å². The maximum absolute atomic E-state index is 14.1. The van der Waals surface area contributed by atoms with Crippen LogP contribution in [-0.4, -0.2) is 25.2 Å². The molecule has 0 radical (unpaired) electrons. The summed E-state index contributed by atoms with van der Waals surface area (Å²) in [4.78, 5) is 32.8. The Labute approximate surface area is 464 Å². The second-order valence-corrected chi connectivity index (χ2v) is 24.7. The molecule has 8 aromatic rings. The quantitative estimate of drug-likeness (QED) is 0.0526. The van der Waals surface area contributed by atoms with E-state index in [4.69, 9.17) is 9.47 Å². The number of rotatable bonds is 12. The normalized spacial score (nSPS) is 12.4.